The van der Waals surface area contributed by atoms with Gasteiger partial charge in [0.2, 0.25) is 11.6 Å². The van der Waals surface area contributed by atoms with Crippen LogP contribution in [0.4, 0.5) is 8.78 Å². The summed E-state index contributed by atoms with van der Waals surface area (Å²) in [5.41, 5.74) is 5.00. The van der Waals surface area contributed by atoms with Crippen LogP contribution in [0.1, 0.15) is 24.1 Å². The van der Waals surface area contributed by atoms with Gasteiger partial charge in [-0.15, -0.1) is 0 Å². The Morgan fingerprint density at radius 1 is 1.28 bits per heavy atom. The normalized spacial score (nSPS) is 23.7. The highest BCUT2D eigenvalue weighted by Gasteiger charge is 2.54. The first kappa shape index (κ1) is 20.4. The SMILES string of the molecule is C[C@]12N=c3s/c(=C\c4ccccc4OC(F)F)c(=O)n3[C@H](c3ccccc3O1)[C@H]2C(N)=O. The maximum Gasteiger partial charge on any atom is 0.387 e. The first-order chi connectivity index (χ1) is 15.3. The zero-order valence-electron chi connectivity index (χ0n) is 16.7. The van der Waals surface area contributed by atoms with E-state index in [1.54, 1.807) is 49.4 Å². The number of nitrogens with zero attached hydrogens (tertiary/aromatic N) is 2. The third kappa shape index (κ3) is 3.10. The maximum atomic E-state index is 13.4. The van der Waals surface area contributed by atoms with E-state index in [9.17, 15) is 18.4 Å². The van der Waals surface area contributed by atoms with E-state index in [1.807, 2.05) is 0 Å². The van der Waals surface area contributed by atoms with Crippen LogP contribution in [0.2, 0.25) is 0 Å². The van der Waals surface area contributed by atoms with Gasteiger partial charge in [0.1, 0.15) is 17.4 Å². The Kier molecular flexibility index (Phi) is 4.63. The molecule has 2 N–H and O–H groups in total. The van der Waals surface area contributed by atoms with E-state index in [0.29, 0.717) is 21.7 Å². The molecule has 1 amide bonds. The number of halogens is 2. The van der Waals surface area contributed by atoms with Crippen LogP contribution >= 0.6 is 11.3 Å². The highest BCUT2D eigenvalue weighted by atomic mass is 32.1. The lowest BCUT2D eigenvalue weighted by Gasteiger charge is -2.44. The summed E-state index contributed by atoms with van der Waals surface area (Å²) in [5.74, 6) is -1.07. The summed E-state index contributed by atoms with van der Waals surface area (Å²) in [6, 6.07) is 12.6. The number of thiazole rings is 1. The molecule has 3 atom stereocenters. The van der Waals surface area contributed by atoms with Crippen molar-refractivity contribution in [3.05, 3.63) is 79.3 Å². The monoisotopic (exact) mass is 457 g/mol. The lowest BCUT2D eigenvalue weighted by atomic mass is 9.81. The zero-order valence-corrected chi connectivity index (χ0v) is 17.5. The third-order valence-electron chi connectivity index (χ3n) is 5.61. The molecule has 2 aromatic carbocycles. The average Bonchev–Trinajstić information content (AvgIpc) is 3.02. The quantitative estimate of drug-likeness (QED) is 0.646. The standard InChI is InChI=1S/C22H17F2N3O4S/c1-22-16(18(25)28)17(12-7-3-5-9-14(12)31-22)27-19(29)15(32-21(27)26-22)10-11-6-2-4-8-13(11)30-20(23)24/h2-10,16-17,20H,1H3,(H2,25,28)/b15-10-/t16-,17+,22-/m0/s1. The van der Waals surface area contributed by atoms with Gasteiger partial charge in [0.05, 0.1) is 10.6 Å². The number of ether oxygens (including phenoxy) is 2. The van der Waals surface area contributed by atoms with Crippen LogP contribution in [0.3, 0.4) is 0 Å². The topological polar surface area (TPSA) is 95.9 Å². The number of carbonyl (C=O) groups is 1. The molecule has 0 aliphatic carbocycles. The van der Waals surface area contributed by atoms with Gasteiger partial charge in [0, 0.05) is 11.1 Å². The number of amides is 1. The molecule has 0 fully saturated rings. The Hall–Kier alpha value is -3.53. The van der Waals surface area contributed by atoms with Crippen molar-refractivity contribution in [1.82, 2.24) is 4.57 Å². The minimum Gasteiger partial charge on any atom is -0.465 e. The zero-order chi connectivity index (χ0) is 22.6. The number of hydrogen-bond acceptors (Lipinski definition) is 6. The molecule has 164 valence electrons. The molecular weight excluding hydrogens is 440 g/mol. The van der Waals surface area contributed by atoms with Crippen molar-refractivity contribution in [3.63, 3.8) is 0 Å². The van der Waals surface area contributed by atoms with Gasteiger partial charge in [-0.05, 0) is 25.1 Å². The largest absolute Gasteiger partial charge is 0.465 e. The summed E-state index contributed by atoms with van der Waals surface area (Å²) in [6.07, 6.45) is 1.48. The van der Waals surface area contributed by atoms with Crippen LogP contribution < -0.4 is 30.1 Å². The van der Waals surface area contributed by atoms with Gasteiger partial charge in [0.25, 0.3) is 5.56 Å². The van der Waals surface area contributed by atoms with Crippen molar-refractivity contribution in [3.8, 4) is 11.5 Å². The van der Waals surface area contributed by atoms with E-state index >= 15 is 0 Å². The van der Waals surface area contributed by atoms with Gasteiger partial charge in [-0.3, -0.25) is 14.2 Å². The Labute approximate surface area is 184 Å². The number of aromatic nitrogens is 1. The molecule has 3 aromatic rings. The van der Waals surface area contributed by atoms with Gasteiger partial charge in [-0.1, -0.05) is 47.7 Å². The van der Waals surface area contributed by atoms with Crippen LogP contribution in [-0.2, 0) is 4.79 Å². The van der Waals surface area contributed by atoms with E-state index in [4.69, 9.17) is 10.5 Å². The predicted octanol–water partition coefficient (Wildman–Crippen LogP) is 1.77. The first-order valence-electron chi connectivity index (χ1n) is 9.72. The van der Waals surface area contributed by atoms with Gasteiger partial charge in [-0.25, -0.2) is 4.99 Å². The lowest BCUT2D eigenvalue weighted by Crippen LogP contribution is -2.59. The molecule has 2 bridgehead atoms. The highest BCUT2D eigenvalue weighted by Crippen LogP contribution is 2.46. The molecule has 0 spiro atoms. The van der Waals surface area contributed by atoms with Crippen molar-refractivity contribution >= 4 is 23.3 Å². The third-order valence-corrected chi connectivity index (χ3v) is 6.59. The average molecular weight is 457 g/mol. The number of fused-ring (bicyclic) bond motifs is 6. The number of rotatable bonds is 4. The number of para-hydroxylation sites is 2. The summed E-state index contributed by atoms with van der Waals surface area (Å²) in [7, 11) is 0. The van der Waals surface area contributed by atoms with Crippen LogP contribution in [0.5, 0.6) is 11.5 Å². The van der Waals surface area contributed by atoms with E-state index in [1.165, 1.54) is 16.7 Å². The second kappa shape index (κ2) is 7.27. The number of alkyl halides is 2. The van der Waals surface area contributed by atoms with Gasteiger partial charge >= 0.3 is 6.61 Å². The molecule has 0 unspecified atom stereocenters. The van der Waals surface area contributed by atoms with Crippen LogP contribution in [0.25, 0.3) is 6.08 Å². The Bertz CT molecular complexity index is 1420. The Balaban J connectivity index is 1.76. The molecule has 7 nitrogen and oxygen atoms in total. The molecule has 2 aliphatic rings. The van der Waals surface area contributed by atoms with Crippen LogP contribution in [-0.4, -0.2) is 22.8 Å². The van der Waals surface area contributed by atoms with E-state index in [0.717, 1.165) is 11.3 Å². The fourth-order valence-corrected chi connectivity index (χ4v) is 5.41. The molecule has 32 heavy (non-hydrogen) atoms. The van der Waals surface area contributed by atoms with Gasteiger partial charge in [0.15, 0.2) is 4.80 Å². The van der Waals surface area contributed by atoms with Crippen molar-refractivity contribution in [1.29, 1.82) is 0 Å². The maximum absolute atomic E-state index is 13.4. The van der Waals surface area contributed by atoms with Crippen LogP contribution in [0, 0.1) is 5.92 Å². The van der Waals surface area contributed by atoms with Crippen molar-refractivity contribution < 1.29 is 23.0 Å². The smallest absolute Gasteiger partial charge is 0.387 e. The molecule has 0 saturated heterocycles. The van der Waals surface area contributed by atoms with Crippen molar-refractivity contribution in [2.24, 2.45) is 16.6 Å². The molecule has 0 radical (unpaired) electrons. The Morgan fingerprint density at radius 2 is 2.00 bits per heavy atom. The number of hydrogen-bond donors (Lipinski definition) is 1. The molecule has 1 aromatic heterocycles. The summed E-state index contributed by atoms with van der Waals surface area (Å²) >= 11 is 1.08. The number of benzene rings is 2. The van der Waals surface area contributed by atoms with Gasteiger partial charge in [-0.2, -0.15) is 8.78 Å². The minimum absolute atomic E-state index is 0.0513. The van der Waals surface area contributed by atoms with Crippen molar-refractivity contribution in [2.45, 2.75) is 25.3 Å². The van der Waals surface area contributed by atoms with E-state index < -0.39 is 35.8 Å². The molecule has 3 heterocycles. The fourth-order valence-electron chi connectivity index (χ4n) is 4.32. The number of primary amides is 1. The summed E-state index contributed by atoms with van der Waals surface area (Å²) < 4.78 is 37.9. The second-order valence-electron chi connectivity index (χ2n) is 7.62. The number of carbonyl (C=O) groups excluding carboxylic acids is 1. The summed E-state index contributed by atoms with van der Waals surface area (Å²) in [4.78, 5) is 30.8. The second-order valence-corrected chi connectivity index (χ2v) is 8.63. The van der Waals surface area contributed by atoms with E-state index in [-0.39, 0.29) is 10.3 Å². The molecule has 2 aliphatic heterocycles. The van der Waals surface area contributed by atoms with E-state index in [2.05, 4.69) is 9.73 Å². The minimum atomic E-state index is -3.00. The molecule has 5 rings (SSSR count). The molecule has 10 heteroatoms. The first-order valence-corrected chi connectivity index (χ1v) is 10.5. The summed E-state index contributed by atoms with van der Waals surface area (Å²) in [6.45, 7) is -1.34. The lowest BCUT2D eigenvalue weighted by molar-refractivity contribution is -0.133. The molecular formula is C22H17F2N3O4S. The van der Waals surface area contributed by atoms with Gasteiger partial charge < -0.3 is 15.2 Å². The predicted molar refractivity (Wildman–Crippen MR) is 112 cm³/mol. The van der Waals surface area contributed by atoms with Crippen molar-refractivity contribution in [2.75, 3.05) is 0 Å². The fraction of sp³-hybridized carbons (Fsp3) is 0.227. The van der Waals surface area contributed by atoms with Crippen LogP contribution in [0.15, 0.2) is 58.3 Å². The molecule has 0 saturated carbocycles. The highest BCUT2D eigenvalue weighted by molar-refractivity contribution is 7.07. The number of nitrogens with two attached hydrogens (primary N) is 1. The summed E-state index contributed by atoms with van der Waals surface area (Å²) in [5, 5.41) is 0. The Morgan fingerprint density at radius 3 is 2.75 bits per heavy atom.